The molecule has 4 rings (SSSR count). The van der Waals surface area contributed by atoms with Gasteiger partial charge in [-0.05, 0) is 24.6 Å². The molecule has 0 saturated heterocycles. The van der Waals surface area contributed by atoms with Gasteiger partial charge in [-0.25, -0.2) is 4.98 Å². The van der Waals surface area contributed by atoms with E-state index in [9.17, 15) is 0 Å². The second-order valence-corrected chi connectivity index (χ2v) is 5.70. The summed E-state index contributed by atoms with van der Waals surface area (Å²) in [5.74, 6) is 2.93. The van der Waals surface area contributed by atoms with Gasteiger partial charge in [-0.15, -0.1) is 0 Å². The first kappa shape index (κ1) is 14.7. The van der Waals surface area contributed by atoms with Crippen LogP contribution in [0.4, 0.5) is 5.69 Å². The molecule has 0 aliphatic carbocycles. The van der Waals surface area contributed by atoms with Gasteiger partial charge in [0, 0.05) is 17.7 Å². The fraction of sp³-hybridized carbons (Fsp3) is 0.278. The Morgan fingerprint density at radius 1 is 1.17 bits per heavy atom. The van der Waals surface area contributed by atoms with Crippen LogP contribution in [0.25, 0.3) is 22.4 Å². The van der Waals surface area contributed by atoms with E-state index in [-0.39, 0.29) is 0 Å². The Morgan fingerprint density at radius 2 is 1.96 bits per heavy atom. The summed E-state index contributed by atoms with van der Waals surface area (Å²) in [5, 5.41) is 0. The first-order valence-corrected chi connectivity index (χ1v) is 8.06. The van der Waals surface area contributed by atoms with Gasteiger partial charge >= 0.3 is 0 Å². The van der Waals surface area contributed by atoms with Crippen molar-refractivity contribution in [3.8, 4) is 28.6 Å². The lowest BCUT2D eigenvalue weighted by Crippen LogP contribution is -2.15. The number of ether oxygens (including phenoxy) is 3. The first-order chi connectivity index (χ1) is 11.7. The first-order valence-electron chi connectivity index (χ1n) is 8.06. The predicted octanol–water partition coefficient (Wildman–Crippen LogP) is 3.37. The Balaban J connectivity index is 1.70. The molecule has 1 aliphatic heterocycles. The Morgan fingerprint density at radius 3 is 2.71 bits per heavy atom. The molecule has 0 saturated carbocycles. The maximum Gasteiger partial charge on any atom is 0.163 e. The number of hydrogen-bond acceptors (Lipinski definition) is 5. The molecule has 6 heteroatoms. The molecule has 0 radical (unpaired) electrons. The van der Waals surface area contributed by atoms with E-state index in [1.165, 1.54) is 0 Å². The number of nitrogens with zero attached hydrogens (tertiary/aromatic N) is 1. The Bertz CT molecular complexity index is 846. The zero-order valence-electron chi connectivity index (χ0n) is 13.5. The highest BCUT2D eigenvalue weighted by molar-refractivity contribution is 5.83. The molecule has 124 valence electrons. The second kappa shape index (κ2) is 5.96. The minimum atomic E-state index is 0.561. The van der Waals surface area contributed by atoms with E-state index in [1.54, 1.807) is 0 Å². The Labute approximate surface area is 139 Å². The van der Waals surface area contributed by atoms with E-state index in [1.807, 2.05) is 30.3 Å². The number of H-pyrrole nitrogens is 1. The number of aromatic nitrogens is 2. The van der Waals surface area contributed by atoms with Crippen molar-refractivity contribution in [2.45, 2.75) is 13.3 Å². The van der Waals surface area contributed by atoms with Gasteiger partial charge in [0.2, 0.25) is 0 Å². The summed E-state index contributed by atoms with van der Waals surface area (Å²) in [4.78, 5) is 7.95. The number of nitrogen functional groups attached to an aromatic ring is 1. The van der Waals surface area contributed by atoms with Gasteiger partial charge < -0.3 is 24.9 Å². The van der Waals surface area contributed by atoms with Crippen molar-refractivity contribution < 1.29 is 14.2 Å². The molecule has 2 aromatic carbocycles. The number of rotatable bonds is 4. The third-order valence-corrected chi connectivity index (χ3v) is 3.89. The van der Waals surface area contributed by atoms with Gasteiger partial charge in [0.15, 0.2) is 11.5 Å². The van der Waals surface area contributed by atoms with E-state index in [4.69, 9.17) is 19.9 Å². The lowest BCUT2D eigenvalue weighted by molar-refractivity contribution is 0.172. The van der Waals surface area contributed by atoms with Gasteiger partial charge in [-0.3, -0.25) is 0 Å². The lowest BCUT2D eigenvalue weighted by atomic mass is 10.2. The van der Waals surface area contributed by atoms with E-state index in [0.717, 1.165) is 40.3 Å². The molecule has 6 nitrogen and oxygen atoms in total. The molecule has 1 aromatic heterocycles. The quantitative estimate of drug-likeness (QED) is 0.719. The maximum atomic E-state index is 6.09. The van der Waals surface area contributed by atoms with Crippen LogP contribution >= 0.6 is 0 Å². The standard InChI is InChI=1S/C18H19N3O3/c1-2-5-22-15-4-3-11(8-12(15)19)18-20-13-9-16-17(10-14(13)21-18)24-7-6-23-16/h3-4,8-10H,2,5-7,19H2,1H3,(H,20,21). The van der Waals surface area contributed by atoms with Crippen LogP contribution in [-0.2, 0) is 0 Å². The fourth-order valence-corrected chi connectivity index (χ4v) is 2.72. The summed E-state index contributed by atoms with van der Waals surface area (Å²) in [5.41, 5.74) is 9.33. The minimum Gasteiger partial charge on any atom is -0.491 e. The monoisotopic (exact) mass is 325 g/mol. The zero-order valence-corrected chi connectivity index (χ0v) is 13.5. The van der Waals surface area contributed by atoms with Gasteiger partial charge in [0.1, 0.15) is 24.8 Å². The zero-order chi connectivity index (χ0) is 16.5. The third kappa shape index (κ3) is 2.60. The molecule has 2 heterocycles. The van der Waals surface area contributed by atoms with Crippen LogP contribution in [-0.4, -0.2) is 29.8 Å². The molecular weight excluding hydrogens is 306 g/mol. The second-order valence-electron chi connectivity index (χ2n) is 5.70. The van der Waals surface area contributed by atoms with Crippen LogP contribution in [0.2, 0.25) is 0 Å². The molecule has 0 bridgehead atoms. The molecule has 3 aromatic rings. The number of hydrogen-bond donors (Lipinski definition) is 2. The minimum absolute atomic E-state index is 0.561. The van der Waals surface area contributed by atoms with E-state index in [0.29, 0.717) is 31.3 Å². The molecule has 0 atom stereocenters. The average Bonchev–Trinajstić information content (AvgIpc) is 3.01. The van der Waals surface area contributed by atoms with Gasteiger partial charge in [0.05, 0.1) is 23.3 Å². The number of fused-ring (bicyclic) bond motifs is 2. The third-order valence-electron chi connectivity index (χ3n) is 3.89. The van der Waals surface area contributed by atoms with E-state index in [2.05, 4.69) is 16.9 Å². The molecule has 0 fully saturated rings. The normalized spacial score (nSPS) is 13.2. The highest BCUT2D eigenvalue weighted by Gasteiger charge is 2.15. The van der Waals surface area contributed by atoms with Crippen LogP contribution in [0.3, 0.4) is 0 Å². The number of aromatic amines is 1. The number of benzene rings is 2. The van der Waals surface area contributed by atoms with Crippen molar-refractivity contribution in [3.05, 3.63) is 30.3 Å². The topological polar surface area (TPSA) is 82.4 Å². The van der Waals surface area contributed by atoms with Crippen LogP contribution in [0.1, 0.15) is 13.3 Å². The van der Waals surface area contributed by atoms with Crippen LogP contribution < -0.4 is 19.9 Å². The smallest absolute Gasteiger partial charge is 0.163 e. The van der Waals surface area contributed by atoms with Crippen molar-refractivity contribution in [2.75, 3.05) is 25.6 Å². The number of anilines is 1. The molecule has 3 N–H and O–H groups in total. The van der Waals surface area contributed by atoms with Crippen molar-refractivity contribution in [2.24, 2.45) is 0 Å². The maximum absolute atomic E-state index is 6.09. The summed E-state index contributed by atoms with van der Waals surface area (Å²) in [6, 6.07) is 9.51. The number of imidazole rings is 1. The van der Waals surface area contributed by atoms with Gasteiger partial charge in [-0.2, -0.15) is 0 Å². The van der Waals surface area contributed by atoms with E-state index >= 15 is 0 Å². The lowest BCUT2D eigenvalue weighted by Gasteiger charge is -2.17. The predicted molar refractivity (Wildman–Crippen MR) is 92.7 cm³/mol. The molecule has 24 heavy (non-hydrogen) atoms. The molecule has 0 spiro atoms. The fourth-order valence-electron chi connectivity index (χ4n) is 2.72. The summed E-state index contributed by atoms with van der Waals surface area (Å²) in [6.07, 6.45) is 0.944. The van der Waals surface area contributed by atoms with E-state index < -0.39 is 0 Å². The summed E-state index contributed by atoms with van der Waals surface area (Å²) in [7, 11) is 0. The number of nitrogens with two attached hydrogens (primary N) is 1. The highest BCUT2D eigenvalue weighted by atomic mass is 16.6. The molecule has 0 amide bonds. The Kier molecular flexibility index (Phi) is 3.65. The molecule has 1 aliphatic rings. The summed E-state index contributed by atoms with van der Waals surface area (Å²) >= 11 is 0. The average molecular weight is 325 g/mol. The molecule has 0 unspecified atom stereocenters. The van der Waals surface area contributed by atoms with Crippen molar-refractivity contribution in [1.82, 2.24) is 9.97 Å². The van der Waals surface area contributed by atoms with Gasteiger partial charge in [0.25, 0.3) is 0 Å². The SMILES string of the molecule is CCCOc1ccc(-c2nc3cc4c(cc3[nH]2)OCCO4)cc1N. The number of nitrogens with one attached hydrogen (secondary N) is 1. The largest absolute Gasteiger partial charge is 0.491 e. The van der Waals surface area contributed by atoms with Crippen molar-refractivity contribution in [3.63, 3.8) is 0 Å². The summed E-state index contributed by atoms with van der Waals surface area (Å²) in [6.45, 7) is 3.84. The van der Waals surface area contributed by atoms with Gasteiger partial charge in [-0.1, -0.05) is 6.92 Å². The highest BCUT2D eigenvalue weighted by Crippen LogP contribution is 2.35. The van der Waals surface area contributed by atoms with Crippen LogP contribution in [0, 0.1) is 0 Å². The summed E-state index contributed by atoms with van der Waals surface area (Å²) < 4.78 is 16.8. The van der Waals surface area contributed by atoms with Crippen molar-refractivity contribution in [1.29, 1.82) is 0 Å². The molecular formula is C18H19N3O3. The van der Waals surface area contributed by atoms with Crippen LogP contribution in [0.5, 0.6) is 17.2 Å². The Hall–Kier alpha value is -2.89. The van der Waals surface area contributed by atoms with Crippen LogP contribution in [0.15, 0.2) is 30.3 Å². The van der Waals surface area contributed by atoms with Crippen molar-refractivity contribution >= 4 is 16.7 Å².